The van der Waals surface area contributed by atoms with Crippen LogP contribution in [0.15, 0.2) is 176 Å². The van der Waals surface area contributed by atoms with E-state index in [-0.39, 0.29) is 0 Å². The molecular weight excluding hydrogens is 555 g/mol. The average molecular weight is 586 g/mol. The molecule has 9 rings (SSSR count). The fourth-order valence-corrected chi connectivity index (χ4v) is 7.36. The van der Waals surface area contributed by atoms with E-state index in [0.29, 0.717) is 0 Å². The van der Waals surface area contributed by atoms with Crippen LogP contribution >= 0.6 is 0 Å². The molecule has 0 aliphatic carbocycles. The van der Waals surface area contributed by atoms with E-state index in [9.17, 15) is 0 Å². The Bertz CT molecular complexity index is 2490. The molecule has 0 unspecified atom stereocenters. The second-order valence-corrected chi connectivity index (χ2v) is 12.0. The first-order valence-corrected chi connectivity index (χ1v) is 16.0. The van der Waals surface area contributed by atoms with E-state index in [1.165, 1.54) is 82.1 Å². The van der Waals surface area contributed by atoms with Crippen LogP contribution in [0.3, 0.4) is 0 Å². The summed E-state index contributed by atoms with van der Waals surface area (Å²) in [5.41, 5.74) is 8.69. The van der Waals surface area contributed by atoms with E-state index < -0.39 is 0 Å². The van der Waals surface area contributed by atoms with Crippen molar-refractivity contribution in [2.24, 2.45) is 0 Å². The lowest BCUT2D eigenvalue weighted by Gasteiger charge is -2.17. The molecule has 0 N–H and O–H groups in total. The molecule has 46 heavy (non-hydrogen) atoms. The minimum absolute atomic E-state index is 0.869. The first-order valence-electron chi connectivity index (χ1n) is 16.0. The number of aromatic nitrogens is 1. The predicted molar refractivity (Wildman–Crippen MR) is 197 cm³/mol. The maximum atomic E-state index is 2.49. The van der Waals surface area contributed by atoms with Gasteiger partial charge in [0.25, 0.3) is 0 Å². The van der Waals surface area contributed by atoms with Crippen LogP contribution in [0.5, 0.6) is 0 Å². The van der Waals surface area contributed by atoms with Crippen molar-refractivity contribution < 1.29 is 0 Å². The monoisotopic (exact) mass is 585 g/mol. The van der Waals surface area contributed by atoms with Gasteiger partial charge in [-0.05, 0) is 73.8 Å². The lowest BCUT2D eigenvalue weighted by Crippen LogP contribution is -1.98. The zero-order chi connectivity index (χ0) is 30.5. The van der Waals surface area contributed by atoms with Gasteiger partial charge < -0.3 is 4.57 Å². The molecule has 1 heteroatoms. The van der Waals surface area contributed by atoms with Gasteiger partial charge in [0, 0.05) is 16.2 Å². The van der Waals surface area contributed by atoms with E-state index in [2.05, 4.69) is 181 Å². The van der Waals surface area contributed by atoms with Crippen molar-refractivity contribution in [3.05, 3.63) is 193 Å². The Hall–Kier alpha value is -5.92. The lowest BCUT2D eigenvalue weighted by atomic mass is 9.91. The summed E-state index contributed by atoms with van der Waals surface area (Å²) in [5, 5.41) is 10.2. The third-order valence-corrected chi connectivity index (χ3v) is 9.45. The second kappa shape index (κ2) is 10.9. The minimum Gasteiger partial charge on any atom is -0.309 e. The molecule has 0 saturated heterocycles. The second-order valence-electron chi connectivity index (χ2n) is 12.0. The van der Waals surface area contributed by atoms with Crippen molar-refractivity contribution in [1.29, 1.82) is 0 Å². The number of hydrogen-bond donors (Lipinski definition) is 0. The van der Waals surface area contributed by atoms with Gasteiger partial charge in [-0.15, -0.1) is 0 Å². The molecule has 216 valence electrons. The van der Waals surface area contributed by atoms with Gasteiger partial charge in [0.05, 0.1) is 16.7 Å². The van der Waals surface area contributed by atoms with Crippen molar-refractivity contribution in [2.45, 2.75) is 6.42 Å². The molecule has 1 heterocycles. The van der Waals surface area contributed by atoms with Crippen molar-refractivity contribution in [1.82, 2.24) is 4.57 Å². The summed E-state index contributed by atoms with van der Waals surface area (Å²) in [6, 6.07) is 61.8. The van der Waals surface area contributed by atoms with E-state index in [0.717, 1.165) is 6.42 Å². The van der Waals surface area contributed by atoms with Crippen LogP contribution in [0.4, 0.5) is 0 Å². The third-order valence-electron chi connectivity index (χ3n) is 9.45. The van der Waals surface area contributed by atoms with Gasteiger partial charge in [0.2, 0.25) is 0 Å². The molecule has 0 radical (unpaired) electrons. The van der Waals surface area contributed by atoms with Gasteiger partial charge in [-0.25, -0.2) is 0 Å². The van der Waals surface area contributed by atoms with Gasteiger partial charge >= 0.3 is 0 Å². The topological polar surface area (TPSA) is 4.93 Å². The molecule has 8 aromatic carbocycles. The highest BCUT2D eigenvalue weighted by Crippen LogP contribution is 2.42. The van der Waals surface area contributed by atoms with E-state index in [1.807, 2.05) is 0 Å². The molecular formula is C45H31N. The zero-order valence-electron chi connectivity index (χ0n) is 25.4. The average Bonchev–Trinajstić information content (AvgIpc) is 3.48. The van der Waals surface area contributed by atoms with Crippen molar-refractivity contribution in [2.75, 3.05) is 0 Å². The Morgan fingerprint density at radius 3 is 1.59 bits per heavy atom. The van der Waals surface area contributed by atoms with Crippen molar-refractivity contribution >= 4 is 59.7 Å². The summed E-state index contributed by atoms with van der Waals surface area (Å²) in [4.78, 5) is 0. The summed E-state index contributed by atoms with van der Waals surface area (Å²) in [6.07, 6.45) is 3.26. The third kappa shape index (κ3) is 4.24. The SMILES string of the molecule is C(/Cc1ccccc1)=C(\c1ccccc1)c1ccc(-n2c3ccc4ccccc4c3c3c4ccccc4ccc32)c2ccccc12. The summed E-state index contributed by atoms with van der Waals surface area (Å²) in [6.45, 7) is 0. The van der Waals surface area contributed by atoms with Crippen LogP contribution in [0.1, 0.15) is 16.7 Å². The quantitative estimate of drug-likeness (QED) is 0.189. The van der Waals surface area contributed by atoms with Crippen LogP contribution < -0.4 is 0 Å². The summed E-state index contributed by atoms with van der Waals surface area (Å²) in [7, 11) is 0. The van der Waals surface area contributed by atoms with Crippen LogP contribution in [0.2, 0.25) is 0 Å². The summed E-state index contributed by atoms with van der Waals surface area (Å²) < 4.78 is 2.49. The maximum Gasteiger partial charge on any atom is 0.0548 e. The number of benzene rings is 8. The van der Waals surface area contributed by atoms with Gasteiger partial charge in [-0.1, -0.05) is 158 Å². The first kappa shape index (κ1) is 26.5. The van der Waals surface area contributed by atoms with Gasteiger partial charge in [0.15, 0.2) is 0 Å². The Morgan fingerprint density at radius 1 is 0.435 bits per heavy atom. The van der Waals surface area contributed by atoms with Crippen LogP contribution in [0, 0.1) is 0 Å². The normalized spacial score (nSPS) is 12.1. The fourth-order valence-electron chi connectivity index (χ4n) is 7.36. The molecule has 0 aliphatic heterocycles. The van der Waals surface area contributed by atoms with E-state index >= 15 is 0 Å². The highest BCUT2D eigenvalue weighted by molar-refractivity contribution is 6.28. The first-order chi connectivity index (χ1) is 22.8. The van der Waals surface area contributed by atoms with Gasteiger partial charge in [-0.2, -0.15) is 0 Å². The fraction of sp³-hybridized carbons (Fsp3) is 0.0222. The van der Waals surface area contributed by atoms with E-state index in [1.54, 1.807) is 0 Å². The molecule has 1 aromatic heterocycles. The van der Waals surface area contributed by atoms with Crippen LogP contribution in [-0.4, -0.2) is 4.57 Å². The lowest BCUT2D eigenvalue weighted by molar-refractivity contribution is 1.20. The number of nitrogens with zero attached hydrogens (tertiary/aromatic N) is 1. The molecule has 9 aromatic rings. The summed E-state index contributed by atoms with van der Waals surface area (Å²) in [5.74, 6) is 0. The Labute approximate surface area is 268 Å². The largest absolute Gasteiger partial charge is 0.309 e. The maximum absolute atomic E-state index is 2.49. The number of hydrogen-bond acceptors (Lipinski definition) is 0. The van der Waals surface area contributed by atoms with Crippen LogP contribution in [0.25, 0.3) is 65.4 Å². The molecule has 0 saturated carbocycles. The van der Waals surface area contributed by atoms with Crippen molar-refractivity contribution in [3.8, 4) is 5.69 Å². The smallest absolute Gasteiger partial charge is 0.0548 e. The van der Waals surface area contributed by atoms with Gasteiger partial charge in [-0.3, -0.25) is 0 Å². The minimum atomic E-state index is 0.869. The molecule has 0 atom stereocenters. The van der Waals surface area contributed by atoms with E-state index in [4.69, 9.17) is 0 Å². The molecule has 0 spiro atoms. The molecule has 1 nitrogen and oxygen atoms in total. The Kier molecular flexibility index (Phi) is 6.28. The number of fused-ring (bicyclic) bond motifs is 8. The van der Waals surface area contributed by atoms with Gasteiger partial charge in [0.1, 0.15) is 0 Å². The predicted octanol–water partition coefficient (Wildman–Crippen LogP) is 11.9. The molecule has 0 aliphatic rings. The number of allylic oxidation sites excluding steroid dienone is 1. The molecule has 0 bridgehead atoms. The highest BCUT2D eigenvalue weighted by atomic mass is 15.0. The number of rotatable bonds is 5. The Balaban J connectivity index is 1.35. The van der Waals surface area contributed by atoms with Crippen molar-refractivity contribution in [3.63, 3.8) is 0 Å². The zero-order valence-corrected chi connectivity index (χ0v) is 25.4. The highest BCUT2D eigenvalue weighted by Gasteiger charge is 2.19. The Morgan fingerprint density at radius 2 is 0.957 bits per heavy atom. The summed E-state index contributed by atoms with van der Waals surface area (Å²) >= 11 is 0. The van der Waals surface area contributed by atoms with Crippen LogP contribution in [-0.2, 0) is 6.42 Å². The molecule has 0 amide bonds. The standard InChI is InChI=1S/C45H31N/c1-3-13-31(14-4-1)23-26-35(32-15-5-2-6-16-32)39-27-30-41(40-22-12-11-21-38(39)40)46-42-28-24-33-17-7-9-19-36(33)44(42)45-37-20-10-8-18-34(37)25-29-43(45)46/h1-22,24-30H,23H2/b35-26-. The molecule has 0 fully saturated rings.